The molecule has 0 radical (unpaired) electrons. The van der Waals surface area contributed by atoms with E-state index in [1.54, 1.807) is 12.1 Å². The average Bonchev–Trinajstić information content (AvgIpc) is 3.36. The lowest BCUT2D eigenvalue weighted by atomic mass is 9.94. The van der Waals surface area contributed by atoms with Crippen molar-refractivity contribution in [3.8, 4) is 6.19 Å². The predicted molar refractivity (Wildman–Crippen MR) is 107 cm³/mol. The fourth-order valence-electron chi connectivity index (χ4n) is 4.99. The molecule has 3 aliphatic rings. The van der Waals surface area contributed by atoms with Gasteiger partial charge in [0.2, 0.25) is 5.91 Å². The number of hydrogen-bond acceptors (Lipinski definition) is 4. The third kappa shape index (κ3) is 3.12. The zero-order valence-corrected chi connectivity index (χ0v) is 17.3. The van der Waals surface area contributed by atoms with Crippen LogP contribution in [0.15, 0.2) is 12.1 Å². The van der Waals surface area contributed by atoms with Crippen molar-refractivity contribution >= 4 is 46.4 Å². The van der Waals surface area contributed by atoms with Crippen LogP contribution in [0.25, 0.3) is 0 Å². The molecule has 4 atom stereocenters. The molecule has 3 heterocycles. The van der Waals surface area contributed by atoms with Crippen molar-refractivity contribution < 1.29 is 4.79 Å². The Balaban J connectivity index is 1.56. The first-order valence-electron chi connectivity index (χ1n) is 9.28. The first kappa shape index (κ1) is 19.0. The summed E-state index contributed by atoms with van der Waals surface area (Å²) in [5, 5.41) is 10.7. The van der Waals surface area contributed by atoms with E-state index < -0.39 is 0 Å². The molecule has 1 amide bonds. The largest absolute Gasteiger partial charge is 0.358 e. The minimum Gasteiger partial charge on any atom is -0.358 e. The summed E-state index contributed by atoms with van der Waals surface area (Å²) < 4.78 is 0. The number of nitriles is 1. The third-order valence-electron chi connectivity index (χ3n) is 6.29. The minimum atomic E-state index is -0.281. The summed E-state index contributed by atoms with van der Waals surface area (Å²) in [5.41, 5.74) is 0.713. The number of amides is 1. The molecule has 0 N–H and O–H groups in total. The summed E-state index contributed by atoms with van der Waals surface area (Å²) in [7, 11) is 1.87. The van der Waals surface area contributed by atoms with Crippen LogP contribution in [0.1, 0.15) is 32.1 Å². The number of halogens is 3. The lowest BCUT2D eigenvalue weighted by Crippen LogP contribution is -2.51. The fourth-order valence-corrected chi connectivity index (χ4v) is 5.69. The Kier molecular flexibility index (Phi) is 5.09. The first-order valence-corrected chi connectivity index (χ1v) is 10.4. The molecule has 3 aliphatic heterocycles. The van der Waals surface area contributed by atoms with E-state index in [-0.39, 0.29) is 30.1 Å². The molecule has 3 fully saturated rings. The molecular formula is C19H21Cl3N4O. The quantitative estimate of drug-likeness (QED) is 0.537. The van der Waals surface area contributed by atoms with Gasteiger partial charge in [-0.15, -0.1) is 0 Å². The Labute approximate surface area is 174 Å². The molecule has 4 rings (SSSR count). The topological polar surface area (TPSA) is 50.6 Å². The molecule has 0 unspecified atom stereocenters. The molecule has 144 valence electrons. The molecule has 0 aromatic heterocycles. The molecule has 27 heavy (non-hydrogen) atoms. The van der Waals surface area contributed by atoms with Crippen LogP contribution in [0.3, 0.4) is 0 Å². The number of carbonyl (C=O) groups is 1. The zero-order chi connectivity index (χ0) is 19.3. The highest BCUT2D eigenvalue weighted by atomic mass is 35.5. The van der Waals surface area contributed by atoms with Crippen LogP contribution < -0.4 is 4.90 Å². The van der Waals surface area contributed by atoms with Crippen LogP contribution in [-0.2, 0) is 4.79 Å². The molecule has 0 aliphatic carbocycles. The van der Waals surface area contributed by atoms with Gasteiger partial charge in [0.15, 0.2) is 6.19 Å². The van der Waals surface area contributed by atoms with E-state index in [1.165, 1.54) is 0 Å². The molecule has 1 aromatic rings. The highest BCUT2D eigenvalue weighted by Crippen LogP contribution is 2.41. The number of hydrogen-bond donors (Lipinski definition) is 0. The van der Waals surface area contributed by atoms with Gasteiger partial charge in [0.1, 0.15) is 6.04 Å². The molecule has 2 bridgehead atoms. The van der Waals surface area contributed by atoms with Crippen molar-refractivity contribution in [3.63, 3.8) is 0 Å². The second kappa shape index (κ2) is 7.24. The van der Waals surface area contributed by atoms with Crippen molar-refractivity contribution in [2.45, 2.75) is 56.3 Å². The molecule has 0 saturated carbocycles. The lowest BCUT2D eigenvalue weighted by Gasteiger charge is -2.35. The summed E-state index contributed by atoms with van der Waals surface area (Å²) >= 11 is 18.8. The zero-order valence-electron chi connectivity index (χ0n) is 15.0. The van der Waals surface area contributed by atoms with E-state index in [0.717, 1.165) is 38.6 Å². The number of anilines is 1. The highest BCUT2D eigenvalue weighted by molar-refractivity contribution is 6.45. The van der Waals surface area contributed by atoms with Gasteiger partial charge >= 0.3 is 0 Å². The van der Waals surface area contributed by atoms with E-state index in [2.05, 4.69) is 6.19 Å². The molecule has 0 spiro atoms. The average molecular weight is 428 g/mol. The van der Waals surface area contributed by atoms with Crippen molar-refractivity contribution in [2.75, 3.05) is 18.5 Å². The Morgan fingerprint density at radius 3 is 2.74 bits per heavy atom. The molecule has 8 heteroatoms. The lowest BCUT2D eigenvalue weighted by molar-refractivity contribution is -0.133. The van der Waals surface area contributed by atoms with Gasteiger partial charge in [-0.2, -0.15) is 5.26 Å². The number of rotatable bonds is 3. The number of likely N-dealkylation sites (N-methyl/N-ethyl adjacent to an activating group) is 1. The van der Waals surface area contributed by atoms with Gasteiger partial charge < -0.3 is 14.7 Å². The van der Waals surface area contributed by atoms with E-state index in [4.69, 9.17) is 34.8 Å². The van der Waals surface area contributed by atoms with Gasteiger partial charge in [0, 0.05) is 24.7 Å². The van der Waals surface area contributed by atoms with Crippen LogP contribution in [0, 0.1) is 11.5 Å². The maximum absolute atomic E-state index is 13.3. The predicted octanol–water partition coefficient (Wildman–Crippen LogP) is 4.16. The first-order chi connectivity index (χ1) is 12.9. The second-order valence-electron chi connectivity index (χ2n) is 7.63. The molecule has 3 saturated heterocycles. The fraction of sp³-hybridized carbons (Fsp3) is 0.579. The van der Waals surface area contributed by atoms with Gasteiger partial charge in [-0.1, -0.05) is 34.8 Å². The summed E-state index contributed by atoms with van der Waals surface area (Å²) in [5.74, 6) is 0.0788. The van der Waals surface area contributed by atoms with Crippen molar-refractivity contribution in [1.82, 2.24) is 9.80 Å². The monoisotopic (exact) mass is 426 g/mol. The summed E-state index contributed by atoms with van der Waals surface area (Å²) in [4.78, 5) is 19.1. The van der Waals surface area contributed by atoms with E-state index in [1.807, 2.05) is 21.7 Å². The van der Waals surface area contributed by atoms with E-state index in [0.29, 0.717) is 20.8 Å². The van der Waals surface area contributed by atoms with Gasteiger partial charge in [0.25, 0.3) is 0 Å². The number of carbonyl (C=O) groups excluding carboxylic acids is 1. The number of fused-ring (bicyclic) bond motifs is 2. The smallest absolute Gasteiger partial charge is 0.245 e. The molecular weight excluding hydrogens is 407 g/mol. The Hall–Kier alpha value is -1.35. The Morgan fingerprint density at radius 1 is 1.26 bits per heavy atom. The summed E-state index contributed by atoms with van der Waals surface area (Å²) in [6.45, 7) is 0.738. The van der Waals surface area contributed by atoms with Crippen LogP contribution in [0.4, 0.5) is 5.69 Å². The maximum atomic E-state index is 13.3. The number of benzene rings is 1. The van der Waals surface area contributed by atoms with Gasteiger partial charge in [0.05, 0.1) is 27.8 Å². The second-order valence-corrected chi connectivity index (χ2v) is 8.85. The Morgan fingerprint density at radius 2 is 2.04 bits per heavy atom. The van der Waals surface area contributed by atoms with Gasteiger partial charge in [-0.05, 0) is 44.2 Å². The third-order valence-corrected chi connectivity index (χ3v) is 7.30. The summed E-state index contributed by atoms with van der Waals surface area (Å²) in [6.07, 6.45) is 6.88. The van der Waals surface area contributed by atoms with Crippen molar-refractivity contribution in [1.29, 1.82) is 5.26 Å². The highest BCUT2D eigenvalue weighted by Gasteiger charge is 2.49. The van der Waals surface area contributed by atoms with Crippen molar-refractivity contribution in [3.05, 3.63) is 27.2 Å². The van der Waals surface area contributed by atoms with Gasteiger partial charge in [-0.25, -0.2) is 0 Å². The van der Waals surface area contributed by atoms with E-state index in [9.17, 15) is 10.1 Å². The molecule has 5 nitrogen and oxygen atoms in total. The van der Waals surface area contributed by atoms with Crippen LogP contribution in [0.5, 0.6) is 0 Å². The van der Waals surface area contributed by atoms with E-state index >= 15 is 0 Å². The summed E-state index contributed by atoms with van der Waals surface area (Å²) in [6, 6.07) is 3.62. The minimum absolute atomic E-state index is 0.0788. The van der Waals surface area contributed by atoms with Crippen LogP contribution in [-0.4, -0.2) is 53.5 Å². The standard InChI is InChI=1S/C19H21Cl3N4O/c1-24(16-9-12-4-5-14(16)26(12)10-23)19(27)15-3-2-6-25(15)17-8-11(20)7-13(21)18(17)22/h7-8,12,14-16H,2-6,9H2,1H3/t12-,14+,15+,16+/m0/s1. The molecule has 1 aromatic carbocycles. The maximum Gasteiger partial charge on any atom is 0.245 e. The number of nitrogens with zero attached hydrogens (tertiary/aromatic N) is 4. The normalized spacial score (nSPS) is 29.3. The van der Waals surface area contributed by atoms with Crippen LogP contribution >= 0.6 is 34.8 Å². The van der Waals surface area contributed by atoms with Crippen molar-refractivity contribution in [2.24, 2.45) is 0 Å². The van der Waals surface area contributed by atoms with Crippen LogP contribution in [0.2, 0.25) is 15.1 Å². The SMILES string of the molecule is CN(C(=O)[C@H]1CCCN1c1cc(Cl)cc(Cl)c1Cl)[C@@H]1C[C@@H]2CC[C@H]1N2C#N. The van der Waals surface area contributed by atoms with Gasteiger partial charge in [-0.3, -0.25) is 4.79 Å². The Bertz CT molecular complexity index is 811.